The van der Waals surface area contributed by atoms with Gasteiger partial charge in [0.2, 0.25) is 0 Å². The van der Waals surface area contributed by atoms with E-state index in [1.54, 1.807) is 11.3 Å². The van der Waals surface area contributed by atoms with E-state index in [9.17, 15) is 9.90 Å². The lowest BCUT2D eigenvalue weighted by molar-refractivity contribution is 0.174. The first-order valence-corrected chi connectivity index (χ1v) is 13.4. The molecule has 3 aliphatic rings. The van der Waals surface area contributed by atoms with Crippen LogP contribution in [0.4, 0.5) is 5.00 Å². The minimum Gasteiger partial charge on any atom is -0.393 e. The number of aromatic amines is 1. The Hall–Kier alpha value is -2.71. The van der Waals surface area contributed by atoms with Crippen molar-refractivity contribution in [1.82, 2.24) is 19.5 Å². The van der Waals surface area contributed by atoms with Crippen molar-refractivity contribution in [1.29, 1.82) is 0 Å². The Balaban J connectivity index is 1.30. The fourth-order valence-electron chi connectivity index (χ4n) is 6.64. The van der Waals surface area contributed by atoms with Crippen molar-refractivity contribution in [2.75, 3.05) is 18.0 Å². The van der Waals surface area contributed by atoms with E-state index in [-0.39, 0.29) is 11.7 Å². The molecule has 0 unspecified atom stereocenters. The van der Waals surface area contributed by atoms with E-state index in [1.165, 1.54) is 43.9 Å². The summed E-state index contributed by atoms with van der Waals surface area (Å²) < 4.78 is 2.36. The molecule has 1 aliphatic heterocycles. The number of aromatic nitrogens is 4. The molecule has 7 rings (SSSR count). The Morgan fingerprint density at radius 2 is 1.85 bits per heavy atom. The molecule has 7 nitrogen and oxygen atoms in total. The first-order valence-electron chi connectivity index (χ1n) is 12.6. The third kappa shape index (κ3) is 3.22. The van der Waals surface area contributed by atoms with Gasteiger partial charge in [-0.15, -0.1) is 11.3 Å². The molecule has 4 aromatic rings. The number of hydrogen-bond acceptors (Lipinski definition) is 6. The fourth-order valence-corrected chi connectivity index (χ4v) is 7.90. The molecule has 0 bridgehead atoms. The van der Waals surface area contributed by atoms with Crippen LogP contribution in [0.1, 0.15) is 51.0 Å². The molecule has 2 aliphatic carbocycles. The fraction of sp³-hybridized carbons (Fsp3) is 0.500. The summed E-state index contributed by atoms with van der Waals surface area (Å²) >= 11 is 1.67. The normalized spacial score (nSPS) is 25.6. The van der Waals surface area contributed by atoms with Gasteiger partial charge in [-0.2, -0.15) is 0 Å². The zero-order chi connectivity index (χ0) is 22.8. The minimum absolute atomic E-state index is 0.0813. The smallest absolute Gasteiger partial charge is 0.261 e. The molecule has 8 heteroatoms. The topological polar surface area (TPSA) is 87.0 Å². The summed E-state index contributed by atoms with van der Waals surface area (Å²) in [5.41, 5.74) is 3.94. The van der Waals surface area contributed by atoms with E-state index in [0.717, 1.165) is 52.4 Å². The van der Waals surface area contributed by atoms with E-state index in [2.05, 4.69) is 37.6 Å². The predicted molar refractivity (Wildman–Crippen MR) is 136 cm³/mol. The molecule has 176 valence electrons. The molecular formula is C26H29N5O2S. The highest BCUT2D eigenvalue weighted by molar-refractivity contribution is 7.21. The van der Waals surface area contributed by atoms with Crippen LogP contribution in [0.5, 0.6) is 0 Å². The summed E-state index contributed by atoms with van der Waals surface area (Å²) in [7, 11) is 0. The molecule has 0 amide bonds. The number of imidazole rings is 1. The van der Waals surface area contributed by atoms with Gasteiger partial charge in [0.15, 0.2) is 0 Å². The second-order valence-corrected chi connectivity index (χ2v) is 11.4. The van der Waals surface area contributed by atoms with E-state index in [1.807, 2.05) is 6.33 Å². The molecule has 0 spiro atoms. The Morgan fingerprint density at radius 3 is 2.65 bits per heavy atom. The van der Waals surface area contributed by atoms with Crippen LogP contribution in [0.3, 0.4) is 0 Å². The van der Waals surface area contributed by atoms with Crippen molar-refractivity contribution in [2.24, 2.45) is 11.8 Å². The Bertz CT molecular complexity index is 1420. The van der Waals surface area contributed by atoms with Gasteiger partial charge in [-0.3, -0.25) is 4.79 Å². The van der Waals surface area contributed by atoms with Crippen LogP contribution in [-0.2, 0) is 0 Å². The molecule has 1 saturated heterocycles. The minimum atomic E-state index is -0.169. The highest BCUT2D eigenvalue weighted by atomic mass is 32.1. The SMILES string of the molecule is O=c1[nH]cnc2c(-c3ccc4c(c3)ncn4C3CCCCC3)sc(N3C[C@H]4C[C@@H](O)C[C@H]4C3)c12. The number of nitrogens with one attached hydrogen (secondary N) is 1. The zero-order valence-electron chi connectivity index (χ0n) is 19.1. The Labute approximate surface area is 201 Å². The number of aliphatic hydroxyl groups excluding tert-OH is 1. The van der Waals surface area contributed by atoms with E-state index >= 15 is 0 Å². The van der Waals surface area contributed by atoms with Crippen LogP contribution in [0.2, 0.25) is 0 Å². The second-order valence-electron chi connectivity index (χ2n) is 10.4. The van der Waals surface area contributed by atoms with E-state index in [0.29, 0.717) is 23.3 Å². The highest BCUT2D eigenvalue weighted by Crippen LogP contribution is 2.47. The van der Waals surface area contributed by atoms with Crippen LogP contribution in [-0.4, -0.2) is 43.8 Å². The summed E-state index contributed by atoms with van der Waals surface area (Å²) in [5.74, 6) is 1.01. The third-order valence-electron chi connectivity index (χ3n) is 8.30. The van der Waals surface area contributed by atoms with Gasteiger partial charge in [0.05, 0.1) is 40.2 Å². The quantitative estimate of drug-likeness (QED) is 0.448. The van der Waals surface area contributed by atoms with Gasteiger partial charge in [0.1, 0.15) is 10.4 Å². The first-order chi connectivity index (χ1) is 16.7. The Morgan fingerprint density at radius 1 is 1.06 bits per heavy atom. The molecule has 3 fully saturated rings. The molecule has 3 aromatic heterocycles. The number of nitrogens with zero attached hydrogens (tertiary/aromatic N) is 4. The maximum atomic E-state index is 12.9. The lowest BCUT2D eigenvalue weighted by Crippen LogP contribution is -2.23. The Kier molecular flexibility index (Phi) is 4.81. The second kappa shape index (κ2) is 7.92. The molecule has 4 heterocycles. The largest absolute Gasteiger partial charge is 0.393 e. The number of anilines is 1. The standard InChI is InChI=1S/C26H29N5O2S/c32-19-8-16-11-30(12-17(16)9-19)26-22-23(27-13-28-25(22)33)24(34-26)15-6-7-21-20(10-15)29-14-31(21)18-4-2-1-3-5-18/h6-7,10,13-14,16-19,32H,1-5,8-9,11-12H2,(H,27,28,33)/t16-,17+,19-. The van der Waals surface area contributed by atoms with Crippen molar-refractivity contribution in [3.8, 4) is 10.4 Å². The number of H-pyrrole nitrogens is 1. The first kappa shape index (κ1) is 20.6. The van der Waals surface area contributed by atoms with E-state index < -0.39 is 0 Å². The zero-order valence-corrected chi connectivity index (χ0v) is 19.9. The number of fused-ring (bicyclic) bond motifs is 3. The van der Waals surface area contributed by atoms with Crippen LogP contribution >= 0.6 is 11.3 Å². The average Bonchev–Trinajstić information content (AvgIpc) is 3.60. The number of aliphatic hydroxyl groups is 1. The molecule has 2 saturated carbocycles. The average molecular weight is 476 g/mol. The van der Waals surface area contributed by atoms with Crippen molar-refractivity contribution in [3.63, 3.8) is 0 Å². The van der Waals surface area contributed by atoms with Crippen molar-refractivity contribution < 1.29 is 5.11 Å². The van der Waals surface area contributed by atoms with Crippen molar-refractivity contribution >= 4 is 38.3 Å². The van der Waals surface area contributed by atoms with Crippen LogP contribution < -0.4 is 10.5 Å². The summed E-state index contributed by atoms with van der Waals surface area (Å²) in [6.45, 7) is 1.80. The number of rotatable bonds is 3. The van der Waals surface area contributed by atoms with Gasteiger partial charge in [-0.05, 0) is 55.2 Å². The predicted octanol–water partition coefficient (Wildman–Crippen LogP) is 4.71. The third-order valence-corrected chi connectivity index (χ3v) is 9.59. The maximum Gasteiger partial charge on any atom is 0.261 e. The number of thiophene rings is 1. The van der Waals surface area contributed by atoms with Gasteiger partial charge < -0.3 is 19.6 Å². The lowest BCUT2D eigenvalue weighted by Gasteiger charge is -2.23. The van der Waals surface area contributed by atoms with Crippen LogP contribution in [0, 0.1) is 11.8 Å². The van der Waals surface area contributed by atoms with Gasteiger partial charge in [-0.25, -0.2) is 9.97 Å². The van der Waals surface area contributed by atoms with Gasteiger partial charge in [-0.1, -0.05) is 25.3 Å². The molecule has 1 aromatic carbocycles. The van der Waals surface area contributed by atoms with E-state index in [4.69, 9.17) is 4.98 Å². The summed E-state index contributed by atoms with van der Waals surface area (Å²) in [6.07, 6.45) is 11.5. The molecule has 3 atom stereocenters. The lowest BCUT2D eigenvalue weighted by atomic mass is 9.95. The van der Waals surface area contributed by atoms with Crippen LogP contribution in [0.25, 0.3) is 32.4 Å². The summed E-state index contributed by atoms with van der Waals surface area (Å²) in [5, 5.41) is 11.7. The molecule has 2 N–H and O–H groups in total. The van der Waals surface area contributed by atoms with Crippen molar-refractivity contribution in [3.05, 3.63) is 41.2 Å². The van der Waals surface area contributed by atoms with Gasteiger partial charge >= 0.3 is 0 Å². The van der Waals surface area contributed by atoms with Crippen molar-refractivity contribution in [2.45, 2.75) is 57.1 Å². The monoisotopic (exact) mass is 475 g/mol. The highest BCUT2D eigenvalue weighted by Gasteiger charge is 2.41. The summed E-state index contributed by atoms with van der Waals surface area (Å²) in [4.78, 5) is 28.5. The molecular weight excluding hydrogens is 446 g/mol. The molecule has 0 radical (unpaired) electrons. The molecule has 34 heavy (non-hydrogen) atoms. The van der Waals surface area contributed by atoms with Crippen LogP contribution in [0.15, 0.2) is 35.6 Å². The number of benzene rings is 1. The summed E-state index contributed by atoms with van der Waals surface area (Å²) in [6, 6.07) is 7.05. The number of hydrogen-bond donors (Lipinski definition) is 2. The van der Waals surface area contributed by atoms with Gasteiger partial charge in [0, 0.05) is 19.1 Å². The maximum absolute atomic E-state index is 12.9. The van der Waals surface area contributed by atoms with Gasteiger partial charge in [0.25, 0.3) is 5.56 Å².